The van der Waals surface area contributed by atoms with Crippen LogP contribution in [0.1, 0.15) is 22.8 Å². The minimum Gasteiger partial charge on any atom is -0.479 e. The predicted octanol–water partition coefficient (Wildman–Crippen LogP) is 5.96. The molecular formula is C23H20Cl2N2O3. The quantitative estimate of drug-likeness (QED) is 0.494. The molecule has 0 radical (unpaired) electrons. The highest BCUT2D eigenvalue weighted by Crippen LogP contribution is 2.26. The third kappa shape index (κ3) is 5.75. The third-order valence-corrected chi connectivity index (χ3v) is 4.69. The summed E-state index contributed by atoms with van der Waals surface area (Å²) >= 11 is 11.9. The number of benzene rings is 3. The van der Waals surface area contributed by atoms with Crippen molar-refractivity contribution < 1.29 is 14.3 Å². The lowest BCUT2D eigenvalue weighted by Gasteiger charge is -2.18. The zero-order valence-corrected chi connectivity index (χ0v) is 17.9. The van der Waals surface area contributed by atoms with Gasteiger partial charge in [0.25, 0.3) is 11.8 Å². The number of nitrogens with one attached hydrogen (secondary N) is 2. The van der Waals surface area contributed by atoms with Gasteiger partial charge in [0.15, 0.2) is 6.10 Å². The Morgan fingerprint density at radius 3 is 2.20 bits per heavy atom. The van der Waals surface area contributed by atoms with Crippen LogP contribution in [-0.4, -0.2) is 17.9 Å². The SMILES string of the molecule is Cc1ccc(C(=O)Nc2ccccc2OC(C)C(=O)Nc2cc(Cl)cc(Cl)c2)cc1. The number of para-hydroxylation sites is 2. The Morgan fingerprint density at radius 2 is 1.53 bits per heavy atom. The summed E-state index contributed by atoms with van der Waals surface area (Å²) in [5, 5.41) is 6.36. The van der Waals surface area contributed by atoms with Gasteiger partial charge in [0.05, 0.1) is 5.69 Å². The third-order valence-electron chi connectivity index (χ3n) is 4.25. The first-order valence-corrected chi connectivity index (χ1v) is 9.98. The molecule has 0 aromatic heterocycles. The average Bonchev–Trinajstić information content (AvgIpc) is 2.69. The van der Waals surface area contributed by atoms with Crippen molar-refractivity contribution in [2.24, 2.45) is 0 Å². The van der Waals surface area contributed by atoms with Gasteiger partial charge in [-0.2, -0.15) is 0 Å². The summed E-state index contributed by atoms with van der Waals surface area (Å²) in [6.07, 6.45) is -0.833. The van der Waals surface area contributed by atoms with Crippen LogP contribution in [0.3, 0.4) is 0 Å². The first-order chi connectivity index (χ1) is 14.3. The number of aryl methyl sites for hydroxylation is 1. The van der Waals surface area contributed by atoms with Crippen LogP contribution in [0.2, 0.25) is 10.0 Å². The first-order valence-electron chi connectivity index (χ1n) is 9.22. The second-order valence-electron chi connectivity index (χ2n) is 6.72. The van der Waals surface area contributed by atoms with Gasteiger partial charge in [-0.25, -0.2) is 0 Å². The number of rotatable bonds is 6. The van der Waals surface area contributed by atoms with Gasteiger partial charge >= 0.3 is 0 Å². The Bertz CT molecular complexity index is 1050. The molecule has 5 nitrogen and oxygen atoms in total. The number of halogens is 2. The molecule has 0 aliphatic rings. The summed E-state index contributed by atoms with van der Waals surface area (Å²) < 4.78 is 5.80. The van der Waals surface area contributed by atoms with E-state index in [4.69, 9.17) is 27.9 Å². The van der Waals surface area contributed by atoms with Crippen molar-refractivity contribution in [3.8, 4) is 5.75 Å². The Labute approximate surface area is 185 Å². The van der Waals surface area contributed by atoms with Crippen molar-refractivity contribution in [3.63, 3.8) is 0 Å². The molecule has 30 heavy (non-hydrogen) atoms. The smallest absolute Gasteiger partial charge is 0.265 e. The molecule has 0 saturated carbocycles. The van der Waals surface area contributed by atoms with Crippen molar-refractivity contribution in [1.29, 1.82) is 0 Å². The molecule has 154 valence electrons. The number of amides is 2. The fourth-order valence-electron chi connectivity index (χ4n) is 2.69. The van der Waals surface area contributed by atoms with Crippen LogP contribution in [0.25, 0.3) is 0 Å². The van der Waals surface area contributed by atoms with E-state index in [1.807, 2.05) is 19.1 Å². The molecule has 1 unspecified atom stereocenters. The molecule has 0 saturated heterocycles. The van der Waals surface area contributed by atoms with Gasteiger partial charge in [0, 0.05) is 21.3 Å². The van der Waals surface area contributed by atoms with Crippen molar-refractivity contribution in [3.05, 3.63) is 87.9 Å². The lowest BCUT2D eigenvalue weighted by molar-refractivity contribution is -0.122. The maximum Gasteiger partial charge on any atom is 0.265 e. The molecular weight excluding hydrogens is 423 g/mol. The topological polar surface area (TPSA) is 67.4 Å². The van der Waals surface area contributed by atoms with Crippen LogP contribution in [-0.2, 0) is 4.79 Å². The Morgan fingerprint density at radius 1 is 0.900 bits per heavy atom. The normalized spacial score (nSPS) is 11.5. The Balaban J connectivity index is 1.69. The zero-order valence-electron chi connectivity index (χ0n) is 16.4. The van der Waals surface area contributed by atoms with E-state index in [0.29, 0.717) is 32.7 Å². The van der Waals surface area contributed by atoms with E-state index in [1.165, 1.54) is 0 Å². The summed E-state index contributed by atoms with van der Waals surface area (Å²) in [6.45, 7) is 3.56. The lowest BCUT2D eigenvalue weighted by atomic mass is 10.1. The molecule has 3 rings (SSSR count). The molecule has 3 aromatic carbocycles. The Hall–Kier alpha value is -3.02. The van der Waals surface area contributed by atoms with E-state index < -0.39 is 6.10 Å². The van der Waals surface area contributed by atoms with E-state index in [9.17, 15) is 9.59 Å². The van der Waals surface area contributed by atoms with Gasteiger partial charge in [-0.05, 0) is 56.3 Å². The number of hydrogen-bond acceptors (Lipinski definition) is 3. The highest BCUT2D eigenvalue weighted by Gasteiger charge is 2.18. The second kappa shape index (κ2) is 9.65. The Kier molecular flexibility index (Phi) is 6.98. The van der Waals surface area contributed by atoms with Crippen LogP contribution in [0.5, 0.6) is 5.75 Å². The predicted molar refractivity (Wildman–Crippen MR) is 121 cm³/mol. The van der Waals surface area contributed by atoms with Gasteiger partial charge in [-0.15, -0.1) is 0 Å². The highest BCUT2D eigenvalue weighted by molar-refractivity contribution is 6.35. The molecule has 0 spiro atoms. The summed E-state index contributed by atoms with van der Waals surface area (Å²) in [4.78, 5) is 25.0. The zero-order chi connectivity index (χ0) is 21.7. The maximum atomic E-state index is 12.5. The monoisotopic (exact) mass is 442 g/mol. The lowest BCUT2D eigenvalue weighted by Crippen LogP contribution is -2.30. The van der Waals surface area contributed by atoms with Gasteiger partial charge in [-0.3, -0.25) is 9.59 Å². The second-order valence-corrected chi connectivity index (χ2v) is 7.60. The van der Waals surface area contributed by atoms with Crippen LogP contribution in [0.4, 0.5) is 11.4 Å². The highest BCUT2D eigenvalue weighted by atomic mass is 35.5. The standard InChI is InChI=1S/C23H20Cl2N2O3/c1-14-7-9-16(10-8-14)23(29)27-20-5-3-4-6-21(20)30-15(2)22(28)26-19-12-17(24)11-18(25)13-19/h3-13,15H,1-2H3,(H,26,28)(H,27,29). The fourth-order valence-corrected chi connectivity index (χ4v) is 3.21. The molecule has 0 fully saturated rings. The molecule has 0 aliphatic carbocycles. The molecule has 3 aromatic rings. The van der Waals surface area contributed by atoms with Crippen molar-refractivity contribution >= 4 is 46.4 Å². The van der Waals surface area contributed by atoms with Gasteiger partial charge < -0.3 is 15.4 Å². The molecule has 2 N–H and O–H groups in total. The molecule has 1 atom stereocenters. The summed E-state index contributed by atoms with van der Waals surface area (Å²) in [5.41, 5.74) is 2.53. The van der Waals surface area contributed by atoms with E-state index in [1.54, 1.807) is 61.5 Å². The number of anilines is 2. The minimum absolute atomic E-state index is 0.267. The van der Waals surface area contributed by atoms with Crippen LogP contribution >= 0.6 is 23.2 Å². The van der Waals surface area contributed by atoms with E-state index >= 15 is 0 Å². The van der Waals surface area contributed by atoms with Crippen LogP contribution in [0, 0.1) is 6.92 Å². The van der Waals surface area contributed by atoms with Crippen molar-refractivity contribution in [2.45, 2.75) is 20.0 Å². The summed E-state index contributed by atoms with van der Waals surface area (Å²) in [5.74, 6) is -0.269. The molecule has 7 heteroatoms. The average molecular weight is 443 g/mol. The molecule has 0 heterocycles. The van der Waals surface area contributed by atoms with E-state index in [2.05, 4.69) is 10.6 Å². The van der Waals surface area contributed by atoms with E-state index in [-0.39, 0.29) is 11.8 Å². The minimum atomic E-state index is -0.833. The number of carbonyl (C=O) groups is 2. The largest absolute Gasteiger partial charge is 0.479 e. The van der Waals surface area contributed by atoms with Crippen molar-refractivity contribution in [1.82, 2.24) is 0 Å². The van der Waals surface area contributed by atoms with Gasteiger partial charge in [0.1, 0.15) is 5.75 Å². The van der Waals surface area contributed by atoms with Gasteiger partial charge in [0.2, 0.25) is 0 Å². The fraction of sp³-hybridized carbons (Fsp3) is 0.130. The van der Waals surface area contributed by atoms with Crippen LogP contribution < -0.4 is 15.4 Å². The number of hydrogen-bond donors (Lipinski definition) is 2. The molecule has 2 amide bonds. The molecule has 0 aliphatic heterocycles. The number of ether oxygens (including phenoxy) is 1. The summed E-state index contributed by atoms with van der Waals surface area (Å²) in [6, 6.07) is 18.9. The summed E-state index contributed by atoms with van der Waals surface area (Å²) in [7, 11) is 0. The molecule has 0 bridgehead atoms. The van der Waals surface area contributed by atoms with Crippen LogP contribution in [0.15, 0.2) is 66.7 Å². The van der Waals surface area contributed by atoms with Gasteiger partial charge in [-0.1, -0.05) is 53.0 Å². The van der Waals surface area contributed by atoms with E-state index in [0.717, 1.165) is 5.56 Å². The first kappa shape index (κ1) is 21.7. The maximum absolute atomic E-state index is 12.5. The van der Waals surface area contributed by atoms with Crippen molar-refractivity contribution in [2.75, 3.05) is 10.6 Å². The number of carbonyl (C=O) groups excluding carboxylic acids is 2.